The molecule has 1 aliphatic heterocycles. The van der Waals surface area contributed by atoms with Gasteiger partial charge in [-0.25, -0.2) is 0 Å². The van der Waals surface area contributed by atoms with Crippen molar-refractivity contribution in [2.45, 2.75) is 12.6 Å². The maximum Gasteiger partial charge on any atom is 0.250 e. The van der Waals surface area contributed by atoms with Crippen molar-refractivity contribution in [2.75, 3.05) is 41.0 Å². The number of methoxy groups -OCH3 is 2. The molecular formula is C15H22N2O5. The van der Waals surface area contributed by atoms with E-state index in [4.69, 9.17) is 14.2 Å². The fourth-order valence-electron chi connectivity index (χ4n) is 2.46. The molecule has 0 bridgehead atoms. The number of ether oxygens (including phenoxy) is 3. The summed E-state index contributed by atoms with van der Waals surface area (Å²) in [4.78, 5) is 13.8. The maximum absolute atomic E-state index is 11.7. The van der Waals surface area contributed by atoms with E-state index in [1.807, 2.05) is 0 Å². The van der Waals surface area contributed by atoms with E-state index in [1.165, 1.54) is 14.2 Å². The predicted octanol–water partition coefficient (Wildman–Crippen LogP) is 0.356. The average molecular weight is 310 g/mol. The molecule has 7 nitrogen and oxygen atoms in total. The standard InChI is InChI=1S/C15H22N2O5/c1-16-15(19)13-9-17(4-5-22-13)8-10-6-11(20-2)14(18)12(7-10)21-3/h6-7,13,18H,4-5,8-9H2,1-3H3,(H,16,19)/t13-/m0/s1. The molecule has 0 aliphatic carbocycles. The van der Waals surface area contributed by atoms with Crippen molar-refractivity contribution >= 4 is 5.91 Å². The lowest BCUT2D eigenvalue weighted by Crippen LogP contribution is -2.48. The molecule has 2 rings (SSSR count). The van der Waals surface area contributed by atoms with Crippen molar-refractivity contribution in [3.8, 4) is 17.2 Å². The summed E-state index contributed by atoms with van der Waals surface area (Å²) < 4.78 is 15.8. The van der Waals surface area contributed by atoms with Crippen LogP contribution in [-0.2, 0) is 16.1 Å². The highest BCUT2D eigenvalue weighted by molar-refractivity contribution is 5.80. The number of rotatable bonds is 5. The summed E-state index contributed by atoms with van der Waals surface area (Å²) in [6, 6.07) is 3.53. The highest BCUT2D eigenvalue weighted by Gasteiger charge is 2.26. The summed E-state index contributed by atoms with van der Waals surface area (Å²) >= 11 is 0. The van der Waals surface area contributed by atoms with Gasteiger partial charge in [0.1, 0.15) is 6.10 Å². The highest BCUT2D eigenvalue weighted by Crippen LogP contribution is 2.37. The molecule has 2 N–H and O–H groups in total. The number of nitrogens with zero attached hydrogens (tertiary/aromatic N) is 1. The number of morpholine rings is 1. The lowest BCUT2D eigenvalue weighted by molar-refractivity contribution is -0.138. The Morgan fingerprint density at radius 3 is 2.59 bits per heavy atom. The Balaban J connectivity index is 2.11. The SMILES string of the molecule is CNC(=O)[C@@H]1CN(Cc2cc(OC)c(O)c(OC)c2)CCO1. The molecule has 1 saturated heterocycles. The van der Waals surface area contributed by atoms with Crippen LogP contribution in [0.5, 0.6) is 17.2 Å². The lowest BCUT2D eigenvalue weighted by Gasteiger charge is -2.32. The number of phenolic OH excluding ortho intramolecular Hbond substituents is 1. The molecule has 1 heterocycles. The Hall–Kier alpha value is -1.99. The van der Waals surface area contributed by atoms with E-state index in [9.17, 15) is 9.90 Å². The number of amides is 1. The molecule has 0 unspecified atom stereocenters. The van der Waals surface area contributed by atoms with Crippen LogP contribution in [0.2, 0.25) is 0 Å². The van der Waals surface area contributed by atoms with Crippen molar-refractivity contribution in [1.82, 2.24) is 10.2 Å². The Kier molecular flexibility index (Phi) is 5.46. The Morgan fingerprint density at radius 1 is 1.41 bits per heavy atom. The summed E-state index contributed by atoms with van der Waals surface area (Å²) in [5, 5.41) is 12.5. The van der Waals surface area contributed by atoms with E-state index in [2.05, 4.69) is 10.2 Å². The molecule has 0 saturated carbocycles. The fourth-order valence-corrected chi connectivity index (χ4v) is 2.46. The lowest BCUT2D eigenvalue weighted by atomic mass is 10.1. The van der Waals surface area contributed by atoms with Crippen LogP contribution < -0.4 is 14.8 Å². The van der Waals surface area contributed by atoms with Gasteiger partial charge in [0.2, 0.25) is 11.7 Å². The largest absolute Gasteiger partial charge is 0.502 e. The molecule has 0 aromatic heterocycles. The smallest absolute Gasteiger partial charge is 0.250 e. The molecule has 1 atom stereocenters. The zero-order valence-corrected chi connectivity index (χ0v) is 13.1. The number of hydrogen-bond donors (Lipinski definition) is 2. The molecule has 0 spiro atoms. The van der Waals surface area contributed by atoms with Gasteiger partial charge in [0.05, 0.1) is 20.8 Å². The van der Waals surface area contributed by atoms with E-state index in [1.54, 1.807) is 19.2 Å². The second kappa shape index (κ2) is 7.33. The molecule has 1 aromatic rings. The van der Waals surface area contributed by atoms with Crippen molar-refractivity contribution < 1.29 is 24.1 Å². The topological polar surface area (TPSA) is 80.3 Å². The van der Waals surface area contributed by atoms with Gasteiger partial charge in [0.25, 0.3) is 0 Å². The van der Waals surface area contributed by atoms with Crippen LogP contribution >= 0.6 is 0 Å². The van der Waals surface area contributed by atoms with Crippen LogP contribution in [0.25, 0.3) is 0 Å². The maximum atomic E-state index is 11.7. The van der Waals surface area contributed by atoms with Gasteiger partial charge in [0, 0.05) is 26.7 Å². The van der Waals surface area contributed by atoms with Gasteiger partial charge in [-0.2, -0.15) is 0 Å². The van der Waals surface area contributed by atoms with E-state index in [0.717, 1.165) is 12.1 Å². The van der Waals surface area contributed by atoms with Crippen molar-refractivity contribution in [3.05, 3.63) is 17.7 Å². The molecule has 122 valence electrons. The monoisotopic (exact) mass is 310 g/mol. The van der Waals surface area contributed by atoms with Gasteiger partial charge in [0.15, 0.2) is 11.5 Å². The quantitative estimate of drug-likeness (QED) is 0.817. The summed E-state index contributed by atoms with van der Waals surface area (Å²) in [7, 11) is 4.59. The minimum absolute atomic E-state index is 0.0148. The molecule has 7 heteroatoms. The highest BCUT2D eigenvalue weighted by atomic mass is 16.5. The summed E-state index contributed by atoms with van der Waals surface area (Å²) in [5.74, 6) is 0.598. The first-order valence-corrected chi connectivity index (χ1v) is 7.08. The number of hydrogen-bond acceptors (Lipinski definition) is 6. The van der Waals surface area contributed by atoms with E-state index >= 15 is 0 Å². The fraction of sp³-hybridized carbons (Fsp3) is 0.533. The zero-order valence-electron chi connectivity index (χ0n) is 13.1. The van der Waals surface area contributed by atoms with Crippen LogP contribution in [0, 0.1) is 0 Å². The first kappa shape index (κ1) is 16.4. The van der Waals surface area contributed by atoms with Gasteiger partial charge in [-0.3, -0.25) is 9.69 Å². The average Bonchev–Trinajstić information content (AvgIpc) is 2.55. The number of aromatic hydroxyl groups is 1. The first-order valence-electron chi connectivity index (χ1n) is 7.08. The number of likely N-dealkylation sites (N-methyl/N-ethyl adjacent to an activating group) is 1. The number of carbonyl (C=O) groups excluding carboxylic acids is 1. The third-order valence-electron chi connectivity index (χ3n) is 3.64. The zero-order chi connectivity index (χ0) is 16.1. The Labute approximate surface area is 129 Å². The third-order valence-corrected chi connectivity index (χ3v) is 3.64. The normalized spacial score (nSPS) is 18.8. The second-order valence-corrected chi connectivity index (χ2v) is 5.06. The molecular weight excluding hydrogens is 288 g/mol. The van der Waals surface area contributed by atoms with Crippen LogP contribution in [0.4, 0.5) is 0 Å². The number of phenols is 1. The van der Waals surface area contributed by atoms with Crippen molar-refractivity contribution in [1.29, 1.82) is 0 Å². The van der Waals surface area contributed by atoms with Crippen LogP contribution in [-0.4, -0.2) is 63.0 Å². The Bertz CT molecular complexity index is 510. The molecule has 1 amide bonds. The number of benzene rings is 1. The van der Waals surface area contributed by atoms with Gasteiger partial charge in [-0.1, -0.05) is 0 Å². The van der Waals surface area contributed by atoms with Crippen LogP contribution in [0.15, 0.2) is 12.1 Å². The number of nitrogens with one attached hydrogen (secondary N) is 1. The van der Waals surface area contributed by atoms with Gasteiger partial charge in [-0.05, 0) is 17.7 Å². The Morgan fingerprint density at radius 2 is 2.05 bits per heavy atom. The summed E-state index contributed by atoms with van der Waals surface area (Å²) in [6.45, 7) is 2.37. The molecule has 0 radical (unpaired) electrons. The van der Waals surface area contributed by atoms with Crippen molar-refractivity contribution in [2.24, 2.45) is 0 Å². The summed E-state index contributed by atoms with van der Waals surface area (Å²) in [6.07, 6.45) is -0.459. The van der Waals surface area contributed by atoms with Crippen LogP contribution in [0.3, 0.4) is 0 Å². The minimum Gasteiger partial charge on any atom is -0.502 e. The molecule has 22 heavy (non-hydrogen) atoms. The molecule has 1 aliphatic rings. The first-order chi connectivity index (χ1) is 10.6. The molecule has 1 aromatic carbocycles. The second-order valence-electron chi connectivity index (χ2n) is 5.06. The van der Waals surface area contributed by atoms with E-state index in [-0.39, 0.29) is 11.7 Å². The van der Waals surface area contributed by atoms with Gasteiger partial charge in [-0.15, -0.1) is 0 Å². The van der Waals surface area contributed by atoms with E-state index in [0.29, 0.717) is 31.2 Å². The number of carbonyl (C=O) groups is 1. The predicted molar refractivity (Wildman–Crippen MR) is 80.3 cm³/mol. The minimum atomic E-state index is -0.459. The van der Waals surface area contributed by atoms with Gasteiger partial charge >= 0.3 is 0 Å². The van der Waals surface area contributed by atoms with Crippen LogP contribution in [0.1, 0.15) is 5.56 Å². The van der Waals surface area contributed by atoms with Crippen molar-refractivity contribution in [3.63, 3.8) is 0 Å². The van der Waals surface area contributed by atoms with E-state index < -0.39 is 6.10 Å². The molecule has 1 fully saturated rings. The third kappa shape index (κ3) is 3.61. The van der Waals surface area contributed by atoms with Gasteiger partial charge < -0.3 is 24.6 Å². The summed E-state index contributed by atoms with van der Waals surface area (Å²) in [5.41, 5.74) is 0.934.